The molecule has 0 atom stereocenters. The maximum Gasteiger partial charge on any atom is 0.0775 e. The molecule has 0 bridgehead atoms. The summed E-state index contributed by atoms with van der Waals surface area (Å²) in [7, 11) is -2.93. The first kappa shape index (κ1) is 33.7. The lowest BCUT2D eigenvalue weighted by Gasteiger charge is -2.30. The van der Waals surface area contributed by atoms with Gasteiger partial charge in [0.25, 0.3) is 0 Å². The molecule has 2 nitrogen and oxygen atoms in total. The van der Waals surface area contributed by atoms with E-state index in [4.69, 9.17) is 0 Å². The molecule has 0 fully saturated rings. The number of fused-ring (bicyclic) bond motifs is 5. The number of hydrogen-bond acceptors (Lipinski definition) is 2. The molecule has 0 aliphatic carbocycles. The van der Waals surface area contributed by atoms with Gasteiger partial charge in [-0.3, -0.25) is 0 Å². The standard InChI is InChI=1S/C48H46N2Si2/c1-51(2,3)40-29-25-38(26-30-40)49(36-17-9-7-10-18-36)46-33-35-34-47(43-22-14-16-24-45(43)48(35)44-23-15-13-21-42(44)46)50(37-19-11-8-12-20-37)39-27-31-41(32-28-39)52(4,5)6/h7-34H,1-6H3. The van der Waals surface area contributed by atoms with Gasteiger partial charge in [0.1, 0.15) is 0 Å². The van der Waals surface area contributed by atoms with Crippen molar-refractivity contribution in [2.75, 3.05) is 9.80 Å². The van der Waals surface area contributed by atoms with E-state index in [0.717, 1.165) is 22.7 Å². The highest BCUT2D eigenvalue weighted by molar-refractivity contribution is 6.89. The quantitative estimate of drug-likeness (QED) is 0.115. The molecule has 8 aromatic carbocycles. The third-order valence-corrected chi connectivity index (χ3v) is 14.4. The van der Waals surface area contributed by atoms with Crippen LogP contribution in [0.3, 0.4) is 0 Å². The Morgan fingerprint density at radius 3 is 0.981 bits per heavy atom. The van der Waals surface area contributed by atoms with Crippen LogP contribution in [0.1, 0.15) is 0 Å². The van der Waals surface area contributed by atoms with Crippen molar-refractivity contribution in [3.63, 3.8) is 0 Å². The van der Waals surface area contributed by atoms with Crippen LogP contribution < -0.4 is 20.2 Å². The zero-order valence-electron chi connectivity index (χ0n) is 31.1. The second-order valence-corrected chi connectivity index (χ2v) is 26.1. The third kappa shape index (κ3) is 6.23. The van der Waals surface area contributed by atoms with Gasteiger partial charge in [-0.15, -0.1) is 0 Å². The predicted molar refractivity (Wildman–Crippen MR) is 234 cm³/mol. The van der Waals surface area contributed by atoms with Gasteiger partial charge >= 0.3 is 0 Å². The van der Waals surface area contributed by atoms with Gasteiger partial charge in [-0.2, -0.15) is 0 Å². The molecule has 0 aliphatic rings. The topological polar surface area (TPSA) is 6.48 Å². The van der Waals surface area contributed by atoms with E-state index in [1.54, 1.807) is 0 Å². The van der Waals surface area contributed by atoms with E-state index in [9.17, 15) is 0 Å². The van der Waals surface area contributed by atoms with Crippen LogP contribution in [-0.4, -0.2) is 16.1 Å². The van der Waals surface area contributed by atoms with Gasteiger partial charge in [-0.1, -0.05) is 159 Å². The number of nitrogens with zero attached hydrogens (tertiary/aromatic N) is 2. The van der Waals surface area contributed by atoms with Crippen LogP contribution in [0.25, 0.3) is 32.3 Å². The smallest absolute Gasteiger partial charge is 0.0775 e. The average molecular weight is 707 g/mol. The van der Waals surface area contributed by atoms with Crippen LogP contribution in [0.15, 0.2) is 170 Å². The highest BCUT2D eigenvalue weighted by Gasteiger charge is 2.23. The van der Waals surface area contributed by atoms with Crippen LogP contribution in [0.4, 0.5) is 34.1 Å². The lowest BCUT2D eigenvalue weighted by Crippen LogP contribution is -2.37. The second-order valence-electron chi connectivity index (χ2n) is 15.9. The molecule has 0 aromatic heterocycles. The summed E-state index contributed by atoms with van der Waals surface area (Å²) < 4.78 is 0. The van der Waals surface area contributed by atoms with Crippen molar-refractivity contribution in [1.29, 1.82) is 0 Å². The van der Waals surface area contributed by atoms with Crippen molar-refractivity contribution in [3.05, 3.63) is 170 Å². The Bertz CT molecular complexity index is 2340. The molecule has 0 N–H and O–H groups in total. The van der Waals surface area contributed by atoms with E-state index in [0.29, 0.717) is 0 Å². The predicted octanol–water partition coefficient (Wildman–Crippen LogP) is 13.2. The Morgan fingerprint density at radius 1 is 0.327 bits per heavy atom. The summed E-state index contributed by atoms with van der Waals surface area (Å²) >= 11 is 0. The van der Waals surface area contributed by atoms with Crippen molar-refractivity contribution >= 4 is 93.0 Å². The van der Waals surface area contributed by atoms with Gasteiger partial charge in [0.2, 0.25) is 0 Å². The van der Waals surface area contributed by atoms with Crippen molar-refractivity contribution in [2.45, 2.75) is 39.3 Å². The van der Waals surface area contributed by atoms with Crippen molar-refractivity contribution in [1.82, 2.24) is 0 Å². The molecule has 0 heterocycles. The molecule has 8 aromatic rings. The van der Waals surface area contributed by atoms with E-state index in [1.165, 1.54) is 54.1 Å². The lowest BCUT2D eigenvalue weighted by molar-refractivity contribution is 1.30. The number of anilines is 6. The Labute approximate surface area is 310 Å². The first-order valence-electron chi connectivity index (χ1n) is 18.4. The third-order valence-electron chi connectivity index (χ3n) is 10.3. The van der Waals surface area contributed by atoms with E-state index in [2.05, 4.69) is 219 Å². The molecule has 0 saturated carbocycles. The summed E-state index contributed by atoms with van der Waals surface area (Å²) in [4.78, 5) is 4.88. The Morgan fingerprint density at radius 2 is 0.635 bits per heavy atom. The Balaban J connectivity index is 1.43. The van der Waals surface area contributed by atoms with Crippen LogP contribution in [0.5, 0.6) is 0 Å². The van der Waals surface area contributed by atoms with Crippen molar-refractivity contribution in [3.8, 4) is 0 Å². The molecule has 52 heavy (non-hydrogen) atoms. The molecule has 256 valence electrons. The van der Waals surface area contributed by atoms with E-state index < -0.39 is 16.1 Å². The number of para-hydroxylation sites is 2. The fourth-order valence-electron chi connectivity index (χ4n) is 7.54. The van der Waals surface area contributed by atoms with E-state index in [-0.39, 0.29) is 0 Å². The van der Waals surface area contributed by atoms with Crippen LogP contribution in [-0.2, 0) is 0 Å². The van der Waals surface area contributed by atoms with Crippen LogP contribution >= 0.6 is 0 Å². The van der Waals surface area contributed by atoms with Crippen molar-refractivity contribution in [2.24, 2.45) is 0 Å². The molecule has 8 rings (SSSR count). The minimum Gasteiger partial charge on any atom is -0.310 e. The SMILES string of the molecule is C[Si](C)(C)c1ccc(N(c2ccccc2)c2cc3cc(N(c4ccccc4)c4ccc([Si](C)(C)C)cc4)c4ccccc4c3c3ccccc23)cc1. The zero-order chi connectivity index (χ0) is 36.0. The van der Waals surface area contributed by atoms with Gasteiger partial charge in [-0.25, -0.2) is 0 Å². The first-order chi connectivity index (χ1) is 25.1. The van der Waals surface area contributed by atoms with Gasteiger partial charge in [-0.05, 0) is 82.2 Å². The molecule has 0 unspecified atom stereocenters. The number of benzene rings is 8. The molecular weight excluding hydrogens is 661 g/mol. The molecule has 4 heteroatoms. The largest absolute Gasteiger partial charge is 0.310 e. The molecule has 0 saturated heterocycles. The summed E-state index contributed by atoms with van der Waals surface area (Å²) in [6, 6.07) is 63.0. The minimum absolute atomic E-state index is 1.14. The first-order valence-corrected chi connectivity index (χ1v) is 25.4. The maximum absolute atomic E-state index is 2.44. The summed E-state index contributed by atoms with van der Waals surface area (Å²) in [6.45, 7) is 14.5. The number of hydrogen-bond donors (Lipinski definition) is 0. The van der Waals surface area contributed by atoms with E-state index in [1.807, 2.05) is 0 Å². The molecule has 0 radical (unpaired) electrons. The fourth-order valence-corrected chi connectivity index (χ4v) is 9.87. The Hall–Kier alpha value is -5.43. The summed E-state index contributed by atoms with van der Waals surface area (Å²) in [6.07, 6.45) is 0. The second kappa shape index (κ2) is 13.3. The summed E-state index contributed by atoms with van der Waals surface area (Å²) in [5.41, 5.74) is 6.94. The molecule has 0 spiro atoms. The van der Waals surface area contributed by atoms with Crippen LogP contribution in [0, 0.1) is 0 Å². The average Bonchev–Trinajstić information content (AvgIpc) is 3.15. The summed E-state index contributed by atoms with van der Waals surface area (Å²) in [5.74, 6) is 0. The molecule has 0 aliphatic heterocycles. The van der Waals surface area contributed by atoms with Gasteiger partial charge < -0.3 is 9.80 Å². The molecule has 0 amide bonds. The summed E-state index contributed by atoms with van der Waals surface area (Å²) in [5, 5.41) is 10.4. The maximum atomic E-state index is 2.44. The lowest BCUT2D eigenvalue weighted by atomic mass is 9.93. The van der Waals surface area contributed by atoms with Gasteiger partial charge in [0.05, 0.1) is 27.5 Å². The highest BCUT2D eigenvalue weighted by atomic mass is 28.3. The zero-order valence-corrected chi connectivity index (χ0v) is 33.1. The Kier molecular flexibility index (Phi) is 8.61. The minimum atomic E-state index is -1.46. The van der Waals surface area contributed by atoms with Gasteiger partial charge in [0, 0.05) is 33.5 Å². The van der Waals surface area contributed by atoms with Crippen molar-refractivity contribution < 1.29 is 0 Å². The highest BCUT2D eigenvalue weighted by Crippen LogP contribution is 2.47. The number of rotatable bonds is 8. The van der Waals surface area contributed by atoms with Crippen LogP contribution in [0.2, 0.25) is 39.3 Å². The fraction of sp³-hybridized carbons (Fsp3) is 0.125. The van der Waals surface area contributed by atoms with Gasteiger partial charge in [0.15, 0.2) is 0 Å². The normalized spacial score (nSPS) is 12.0. The monoisotopic (exact) mass is 706 g/mol. The molecular formula is C48H46N2Si2. The van der Waals surface area contributed by atoms with E-state index >= 15 is 0 Å².